The van der Waals surface area contributed by atoms with E-state index in [1.165, 1.54) is 48.5 Å². The number of halogens is 5. The summed E-state index contributed by atoms with van der Waals surface area (Å²) in [5.41, 5.74) is -1.35. The molecule has 0 radical (unpaired) electrons. The number of alkyl halides is 5. The van der Waals surface area contributed by atoms with Crippen LogP contribution in [0.15, 0.2) is 59.4 Å². The van der Waals surface area contributed by atoms with Gasteiger partial charge in [-0.2, -0.15) is 22.0 Å². The van der Waals surface area contributed by atoms with Gasteiger partial charge >= 0.3 is 12.1 Å². The Labute approximate surface area is 132 Å². The maximum Gasteiger partial charge on any atom is 0.461 e. The maximum absolute atomic E-state index is 14.0. The van der Waals surface area contributed by atoms with Crippen molar-refractivity contribution in [3.8, 4) is 5.69 Å². The molecule has 1 heterocycles. The van der Waals surface area contributed by atoms with E-state index < -0.39 is 23.5 Å². The lowest BCUT2D eigenvalue weighted by molar-refractivity contribution is -0.293. The van der Waals surface area contributed by atoms with E-state index in [1.54, 1.807) is 6.07 Å². The number of para-hydroxylation sites is 2. The normalized spacial score (nSPS) is 12.5. The van der Waals surface area contributed by atoms with Crippen LogP contribution in [-0.4, -0.2) is 15.7 Å². The van der Waals surface area contributed by atoms with Crippen LogP contribution in [0.5, 0.6) is 0 Å². The first-order chi connectivity index (χ1) is 11.2. The molecule has 0 amide bonds. The van der Waals surface area contributed by atoms with Gasteiger partial charge in [0.05, 0.1) is 16.6 Å². The molecule has 0 aliphatic heterocycles. The molecule has 0 aliphatic rings. The van der Waals surface area contributed by atoms with Crippen LogP contribution < -0.4 is 5.56 Å². The van der Waals surface area contributed by atoms with Gasteiger partial charge in [0.15, 0.2) is 5.82 Å². The van der Waals surface area contributed by atoms with Gasteiger partial charge in [0, 0.05) is 0 Å². The van der Waals surface area contributed by atoms with Gasteiger partial charge in [-0.25, -0.2) is 4.98 Å². The fourth-order valence-electron chi connectivity index (χ4n) is 2.29. The SMILES string of the molecule is O=c1c2ccccc2nc(C(F)(F)C(F)(F)F)n1-c1ccccc1. The summed E-state index contributed by atoms with van der Waals surface area (Å²) in [6.45, 7) is 0. The molecule has 0 atom stereocenters. The van der Waals surface area contributed by atoms with Gasteiger partial charge in [-0.1, -0.05) is 30.3 Å². The third-order valence-electron chi connectivity index (χ3n) is 3.43. The van der Waals surface area contributed by atoms with E-state index in [-0.39, 0.29) is 16.6 Å². The summed E-state index contributed by atoms with van der Waals surface area (Å²) in [5, 5.41) is -0.0527. The molecule has 124 valence electrons. The Morgan fingerprint density at radius 1 is 0.833 bits per heavy atom. The van der Waals surface area contributed by atoms with Gasteiger partial charge in [0.1, 0.15) is 0 Å². The molecule has 0 unspecified atom stereocenters. The molecule has 0 fully saturated rings. The molecular formula is C16H9F5N2O. The summed E-state index contributed by atoms with van der Waals surface area (Å²) >= 11 is 0. The fraction of sp³-hybridized carbons (Fsp3) is 0.125. The summed E-state index contributed by atoms with van der Waals surface area (Å²) in [4.78, 5) is 16.0. The van der Waals surface area contributed by atoms with Crippen molar-refractivity contribution in [2.24, 2.45) is 0 Å². The molecule has 3 rings (SSSR count). The zero-order valence-corrected chi connectivity index (χ0v) is 11.9. The topological polar surface area (TPSA) is 34.9 Å². The molecule has 3 nitrogen and oxygen atoms in total. The van der Waals surface area contributed by atoms with E-state index in [0.717, 1.165) is 0 Å². The van der Waals surface area contributed by atoms with Gasteiger partial charge in [-0.15, -0.1) is 0 Å². The van der Waals surface area contributed by atoms with E-state index >= 15 is 0 Å². The zero-order chi connectivity index (χ0) is 17.5. The Morgan fingerprint density at radius 3 is 2.04 bits per heavy atom. The molecule has 2 aromatic carbocycles. The largest absolute Gasteiger partial charge is 0.461 e. The predicted molar refractivity (Wildman–Crippen MR) is 77.3 cm³/mol. The average molecular weight is 340 g/mol. The van der Waals surface area contributed by atoms with Crippen LogP contribution in [0.2, 0.25) is 0 Å². The lowest BCUT2D eigenvalue weighted by Crippen LogP contribution is -2.40. The van der Waals surface area contributed by atoms with Crippen LogP contribution in [0, 0.1) is 0 Å². The molecule has 24 heavy (non-hydrogen) atoms. The minimum absolute atomic E-state index is 0.0527. The van der Waals surface area contributed by atoms with E-state index in [4.69, 9.17) is 0 Å². The smallest absolute Gasteiger partial charge is 0.268 e. The Bertz CT molecular complexity index is 948. The minimum Gasteiger partial charge on any atom is -0.268 e. The van der Waals surface area contributed by atoms with Gasteiger partial charge in [0.2, 0.25) is 0 Å². The molecule has 0 saturated carbocycles. The van der Waals surface area contributed by atoms with Crippen LogP contribution in [-0.2, 0) is 5.92 Å². The van der Waals surface area contributed by atoms with E-state index in [2.05, 4.69) is 4.98 Å². The zero-order valence-electron chi connectivity index (χ0n) is 11.9. The molecule has 1 aromatic heterocycles. The molecular weight excluding hydrogens is 331 g/mol. The molecule has 0 saturated heterocycles. The number of nitrogens with zero attached hydrogens (tertiary/aromatic N) is 2. The van der Waals surface area contributed by atoms with Crippen molar-refractivity contribution in [1.29, 1.82) is 0 Å². The third-order valence-corrected chi connectivity index (χ3v) is 3.43. The van der Waals surface area contributed by atoms with Crippen molar-refractivity contribution < 1.29 is 22.0 Å². The van der Waals surface area contributed by atoms with Crippen LogP contribution >= 0.6 is 0 Å². The highest BCUT2D eigenvalue weighted by molar-refractivity contribution is 5.77. The predicted octanol–water partition coefficient (Wildman–Crippen LogP) is 4.04. The van der Waals surface area contributed by atoms with E-state index in [9.17, 15) is 26.7 Å². The fourth-order valence-corrected chi connectivity index (χ4v) is 2.29. The van der Waals surface area contributed by atoms with Crippen LogP contribution in [0.1, 0.15) is 5.82 Å². The Hall–Kier alpha value is -2.77. The highest BCUT2D eigenvalue weighted by Gasteiger charge is 2.61. The van der Waals surface area contributed by atoms with Crippen molar-refractivity contribution >= 4 is 10.9 Å². The monoisotopic (exact) mass is 340 g/mol. The van der Waals surface area contributed by atoms with Crippen LogP contribution in [0.25, 0.3) is 16.6 Å². The third kappa shape index (κ3) is 2.44. The summed E-state index contributed by atoms with van der Waals surface area (Å²) in [7, 11) is 0. The number of aromatic nitrogens is 2. The Balaban J connectivity index is 2.46. The number of hydrogen-bond donors (Lipinski definition) is 0. The molecule has 0 bridgehead atoms. The van der Waals surface area contributed by atoms with Gasteiger partial charge in [-0.3, -0.25) is 9.36 Å². The summed E-state index contributed by atoms with van der Waals surface area (Å²) in [5.74, 6) is -6.95. The minimum atomic E-state index is -5.88. The maximum atomic E-state index is 14.0. The lowest BCUT2D eigenvalue weighted by atomic mass is 10.2. The van der Waals surface area contributed by atoms with Gasteiger partial charge in [0.25, 0.3) is 5.56 Å². The van der Waals surface area contributed by atoms with Crippen molar-refractivity contribution in [3.63, 3.8) is 0 Å². The lowest BCUT2D eigenvalue weighted by Gasteiger charge is -2.22. The molecule has 0 N–H and O–H groups in total. The van der Waals surface area contributed by atoms with E-state index in [1.807, 2.05) is 0 Å². The highest BCUT2D eigenvalue weighted by Crippen LogP contribution is 2.43. The first-order valence-corrected chi connectivity index (χ1v) is 6.76. The van der Waals surface area contributed by atoms with Gasteiger partial charge < -0.3 is 0 Å². The second kappa shape index (κ2) is 5.40. The standard InChI is InChI=1S/C16H9F5N2O/c17-15(18,16(19,20)21)14-22-12-9-5-4-8-11(12)13(24)23(14)10-6-2-1-3-7-10/h1-9H. The van der Waals surface area contributed by atoms with Crippen molar-refractivity contribution in [3.05, 3.63) is 70.8 Å². The van der Waals surface area contributed by atoms with E-state index in [0.29, 0.717) is 4.57 Å². The summed E-state index contributed by atoms with van der Waals surface area (Å²) < 4.78 is 66.8. The Kier molecular flexibility index (Phi) is 3.62. The molecule has 0 spiro atoms. The number of rotatable bonds is 2. The number of benzene rings is 2. The molecule has 8 heteroatoms. The summed E-state index contributed by atoms with van der Waals surface area (Å²) in [6, 6.07) is 12.3. The number of hydrogen-bond acceptors (Lipinski definition) is 2. The van der Waals surface area contributed by atoms with Gasteiger partial charge in [-0.05, 0) is 24.3 Å². The van der Waals surface area contributed by atoms with Crippen molar-refractivity contribution in [1.82, 2.24) is 9.55 Å². The second-order valence-corrected chi connectivity index (χ2v) is 5.00. The highest BCUT2D eigenvalue weighted by atomic mass is 19.4. The number of fused-ring (bicyclic) bond motifs is 1. The molecule has 3 aromatic rings. The second-order valence-electron chi connectivity index (χ2n) is 5.00. The first-order valence-electron chi connectivity index (χ1n) is 6.76. The molecule has 0 aliphatic carbocycles. The Morgan fingerprint density at radius 2 is 1.42 bits per heavy atom. The average Bonchev–Trinajstić information content (AvgIpc) is 2.54. The first kappa shape index (κ1) is 16.1. The van der Waals surface area contributed by atoms with Crippen molar-refractivity contribution in [2.45, 2.75) is 12.1 Å². The quantitative estimate of drug-likeness (QED) is 0.660. The van der Waals surface area contributed by atoms with Crippen molar-refractivity contribution in [2.75, 3.05) is 0 Å². The van der Waals surface area contributed by atoms with Crippen LogP contribution in [0.3, 0.4) is 0 Å². The van der Waals surface area contributed by atoms with Crippen LogP contribution in [0.4, 0.5) is 22.0 Å². The summed E-state index contributed by atoms with van der Waals surface area (Å²) in [6.07, 6.45) is -5.88.